The number of rotatable bonds is 4. The van der Waals surface area contributed by atoms with Crippen LogP contribution in [0.3, 0.4) is 0 Å². The van der Waals surface area contributed by atoms with Crippen molar-refractivity contribution in [2.24, 2.45) is 0 Å². The standard InChI is InChI=1S/C14H17F3/c1-3-11(2)13-8-6-12(7-9-13)5-4-10-14(15,16)17/h4-9,11H,3,10H2,1-2H3. The Kier molecular flexibility index (Phi) is 4.79. The third kappa shape index (κ3) is 5.07. The van der Waals surface area contributed by atoms with E-state index in [0.29, 0.717) is 5.92 Å². The predicted molar refractivity (Wildman–Crippen MR) is 64.9 cm³/mol. The van der Waals surface area contributed by atoms with E-state index in [-0.39, 0.29) is 0 Å². The fraction of sp³-hybridized carbons (Fsp3) is 0.429. The number of allylic oxidation sites excluding steroid dienone is 1. The summed E-state index contributed by atoms with van der Waals surface area (Å²) >= 11 is 0. The SMILES string of the molecule is CCC(C)c1ccc(C=CCC(F)(F)F)cc1. The molecule has 0 N–H and O–H groups in total. The summed E-state index contributed by atoms with van der Waals surface area (Å²) in [6.45, 7) is 4.25. The minimum Gasteiger partial charge on any atom is -0.171 e. The predicted octanol–water partition coefficient (Wildman–Crippen LogP) is 5.17. The Bertz CT molecular complexity index is 360. The average molecular weight is 242 g/mol. The first-order valence-corrected chi connectivity index (χ1v) is 5.75. The van der Waals surface area contributed by atoms with Gasteiger partial charge < -0.3 is 0 Å². The maximum atomic E-state index is 11.9. The Balaban J connectivity index is 2.62. The molecule has 0 bridgehead atoms. The lowest BCUT2D eigenvalue weighted by Crippen LogP contribution is -2.03. The van der Waals surface area contributed by atoms with Crippen molar-refractivity contribution in [2.45, 2.75) is 38.8 Å². The maximum Gasteiger partial charge on any atom is 0.392 e. The van der Waals surface area contributed by atoms with E-state index in [2.05, 4.69) is 13.8 Å². The summed E-state index contributed by atoms with van der Waals surface area (Å²) in [5, 5.41) is 0. The van der Waals surface area contributed by atoms with Crippen LogP contribution in [0.2, 0.25) is 0 Å². The van der Waals surface area contributed by atoms with E-state index < -0.39 is 12.6 Å². The summed E-state index contributed by atoms with van der Waals surface area (Å²) in [4.78, 5) is 0. The van der Waals surface area contributed by atoms with Crippen LogP contribution in [-0.2, 0) is 0 Å². The molecule has 94 valence electrons. The first-order valence-electron chi connectivity index (χ1n) is 5.75. The normalized spacial score (nSPS) is 14.2. The van der Waals surface area contributed by atoms with Gasteiger partial charge in [0.25, 0.3) is 0 Å². The zero-order chi connectivity index (χ0) is 12.9. The van der Waals surface area contributed by atoms with E-state index in [1.165, 1.54) is 11.6 Å². The van der Waals surface area contributed by atoms with Crippen molar-refractivity contribution in [1.29, 1.82) is 0 Å². The van der Waals surface area contributed by atoms with E-state index in [0.717, 1.165) is 18.1 Å². The molecule has 0 spiro atoms. The van der Waals surface area contributed by atoms with Crippen LogP contribution < -0.4 is 0 Å². The van der Waals surface area contributed by atoms with E-state index in [9.17, 15) is 13.2 Å². The third-order valence-corrected chi connectivity index (χ3v) is 2.78. The molecule has 0 nitrogen and oxygen atoms in total. The highest BCUT2D eigenvalue weighted by Crippen LogP contribution is 2.22. The summed E-state index contributed by atoms with van der Waals surface area (Å²) in [5.41, 5.74) is 2.03. The van der Waals surface area contributed by atoms with E-state index in [1.54, 1.807) is 0 Å². The van der Waals surface area contributed by atoms with Gasteiger partial charge in [-0.3, -0.25) is 0 Å². The minimum atomic E-state index is -4.12. The van der Waals surface area contributed by atoms with Crippen LogP contribution in [0, 0.1) is 0 Å². The second-order valence-corrected chi connectivity index (χ2v) is 4.20. The highest BCUT2D eigenvalue weighted by Gasteiger charge is 2.24. The van der Waals surface area contributed by atoms with Crippen molar-refractivity contribution < 1.29 is 13.2 Å². The fourth-order valence-electron chi connectivity index (χ4n) is 1.50. The van der Waals surface area contributed by atoms with Crippen LogP contribution >= 0.6 is 0 Å². The van der Waals surface area contributed by atoms with Gasteiger partial charge in [0, 0.05) is 0 Å². The van der Waals surface area contributed by atoms with Crippen LogP contribution in [0.5, 0.6) is 0 Å². The molecule has 1 aromatic rings. The van der Waals surface area contributed by atoms with Gasteiger partial charge in [-0.1, -0.05) is 50.3 Å². The smallest absolute Gasteiger partial charge is 0.171 e. The zero-order valence-corrected chi connectivity index (χ0v) is 10.1. The zero-order valence-electron chi connectivity index (χ0n) is 10.1. The summed E-state index contributed by atoms with van der Waals surface area (Å²) in [6.07, 6.45) is -1.28. The molecule has 0 heterocycles. The summed E-state index contributed by atoms with van der Waals surface area (Å²) in [6, 6.07) is 7.66. The molecule has 17 heavy (non-hydrogen) atoms. The summed E-state index contributed by atoms with van der Waals surface area (Å²) < 4.78 is 35.8. The minimum absolute atomic E-state index is 0.489. The lowest BCUT2D eigenvalue weighted by atomic mass is 9.97. The van der Waals surface area contributed by atoms with Crippen LogP contribution in [0.4, 0.5) is 13.2 Å². The highest BCUT2D eigenvalue weighted by atomic mass is 19.4. The molecule has 0 saturated heterocycles. The molecule has 0 fully saturated rings. The van der Waals surface area contributed by atoms with Gasteiger partial charge in [-0.05, 0) is 23.5 Å². The Labute approximate surface area is 100 Å². The Morgan fingerprint density at radius 2 is 1.76 bits per heavy atom. The molecular formula is C14H17F3. The lowest BCUT2D eigenvalue weighted by molar-refractivity contribution is -0.124. The molecule has 0 aromatic heterocycles. The number of halogens is 3. The molecule has 0 aliphatic carbocycles. The van der Waals surface area contributed by atoms with Crippen LogP contribution in [0.15, 0.2) is 30.3 Å². The van der Waals surface area contributed by atoms with Gasteiger partial charge in [-0.25, -0.2) is 0 Å². The number of alkyl halides is 3. The Hall–Kier alpha value is -1.25. The van der Waals surface area contributed by atoms with Gasteiger partial charge in [0.2, 0.25) is 0 Å². The lowest BCUT2D eigenvalue weighted by Gasteiger charge is -2.08. The topological polar surface area (TPSA) is 0 Å². The molecular weight excluding hydrogens is 225 g/mol. The molecule has 0 aliphatic heterocycles. The van der Waals surface area contributed by atoms with Crippen LogP contribution in [-0.4, -0.2) is 6.18 Å². The fourth-order valence-corrected chi connectivity index (χ4v) is 1.50. The van der Waals surface area contributed by atoms with Crippen LogP contribution in [0.25, 0.3) is 6.08 Å². The molecule has 1 aromatic carbocycles. The average Bonchev–Trinajstić information content (AvgIpc) is 2.27. The second kappa shape index (κ2) is 5.89. The van der Waals surface area contributed by atoms with Gasteiger partial charge >= 0.3 is 6.18 Å². The first-order chi connectivity index (χ1) is 7.92. The van der Waals surface area contributed by atoms with Gasteiger partial charge in [-0.2, -0.15) is 13.2 Å². The molecule has 1 rings (SSSR count). The van der Waals surface area contributed by atoms with E-state index >= 15 is 0 Å². The number of hydrogen-bond acceptors (Lipinski definition) is 0. The van der Waals surface area contributed by atoms with Crippen LogP contribution in [0.1, 0.15) is 43.7 Å². The largest absolute Gasteiger partial charge is 0.392 e. The van der Waals surface area contributed by atoms with Crippen molar-refractivity contribution >= 4 is 6.08 Å². The third-order valence-electron chi connectivity index (χ3n) is 2.78. The van der Waals surface area contributed by atoms with Gasteiger partial charge in [0.15, 0.2) is 0 Å². The van der Waals surface area contributed by atoms with Crippen molar-refractivity contribution in [3.63, 3.8) is 0 Å². The Morgan fingerprint density at radius 1 is 1.18 bits per heavy atom. The Morgan fingerprint density at radius 3 is 2.24 bits per heavy atom. The van der Waals surface area contributed by atoms with E-state index in [4.69, 9.17) is 0 Å². The molecule has 0 radical (unpaired) electrons. The van der Waals surface area contributed by atoms with Gasteiger partial charge in [-0.15, -0.1) is 0 Å². The first kappa shape index (κ1) is 13.8. The molecule has 3 heteroatoms. The quantitative estimate of drug-likeness (QED) is 0.683. The monoisotopic (exact) mass is 242 g/mol. The molecule has 1 atom stereocenters. The van der Waals surface area contributed by atoms with Gasteiger partial charge in [0.05, 0.1) is 6.42 Å². The van der Waals surface area contributed by atoms with Crippen molar-refractivity contribution in [1.82, 2.24) is 0 Å². The molecule has 0 aliphatic rings. The van der Waals surface area contributed by atoms with Gasteiger partial charge in [0.1, 0.15) is 0 Å². The van der Waals surface area contributed by atoms with Crippen molar-refractivity contribution in [3.8, 4) is 0 Å². The number of hydrogen-bond donors (Lipinski definition) is 0. The maximum absolute atomic E-state index is 11.9. The van der Waals surface area contributed by atoms with Crippen molar-refractivity contribution in [3.05, 3.63) is 41.5 Å². The summed E-state index contributed by atoms with van der Waals surface area (Å²) in [5.74, 6) is 0.489. The molecule has 1 unspecified atom stereocenters. The van der Waals surface area contributed by atoms with Crippen molar-refractivity contribution in [2.75, 3.05) is 0 Å². The molecule has 0 saturated carbocycles. The highest BCUT2D eigenvalue weighted by molar-refractivity contribution is 5.49. The van der Waals surface area contributed by atoms with E-state index in [1.807, 2.05) is 24.3 Å². The summed E-state index contributed by atoms with van der Waals surface area (Å²) in [7, 11) is 0. The second-order valence-electron chi connectivity index (χ2n) is 4.20. The number of benzene rings is 1. The molecule has 0 amide bonds.